The number of benzene rings is 3. The zero-order valence-electron chi connectivity index (χ0n) is 18.9. The molecular formula is C28H21NO6. The Morgan fingerprint density at radius 3 is 2.63 bits per heavy atom. The Hall–Kier alpha value is -4.36. The quantitative estimate of drug-likeness (QED) is 0.436. The van der Waals surface area contributed by atoms with Crippen LogP contribution >= 0.6 is 0 Å². The van der Waals surface area contributed by atoms with Crippen LogP contribution in [0.15, 0.2) is 84.7 Å². The van der Waals surface area contributed by atoms with Gasteiger partial charge in [-0.3, -0.25) is 4.98 Å². The number of carbonyl (C=O) groups excluding carboxylic acids is 1. The molecule has 7 nitrogen and oxygen atoms in total. The van der Waals surface area contributed by atoms with E-state index in [1.54, 1.807) is 62.0 Å². The normalized spacial score (nSPS) is 18.7. The van der Waals surface area contributed by atoms with Crippen molar-refractivity contribution in [2.24, 2.45) is 0 Å². The molecule has 4 aromatic rings. The van der Waals surface area contributed by atoms with Crippen molar-refractivity contribution in [1.29, 1.82) is 0 Å². The summed E-state index contributed by atoms with van der Waals surface area (Å²) < 4.78 is 21.9. The minimum absolute atomic E-state index is 0.118. The van der Waals surface area contributed by atoms with Crippen LogP contribution in [0.3, 0.4) is 0 Å². The second-order valence-electron chi connectivity index (χ2n) is 8.38. The maximum absolute atomic E-state index is 13.3. The van der Waals surface area contributed by atoms with Gasteiger partial charge in [0, 0.05) is 35.3 Å². The van der Waals surface area contributed by atoms with Gasteiger partial charge in [0.1, 0.15) is 5.75 Å². The third kappa shape index (κ3) is 3.48. The van der Waals surface area contributed by atoms with E-state index in [0.717, 1.165) is 16.3 Å². The lowest BCUT2D eigenvalue weighted by Crippen LogP contribution is -2.29. The van der Waals surface area contributed by atoms with Crippen molar-refractivity contribution in [1.82, 2.24) is 4.98 Å². The van der Waals surface area contributed by atoms with Crippen molar-refractivity contribution in [3.05, 3.63) is 101 Å². The third-order valence-corrected chi connectivity index (χ3v) is 6.42. The number of aliphatic hydroxyl groups is 1. The van der Waals surface area contributed by atoms with Gasteiger partial charge in [0.05, 0.1) is 12.7 Å². The Labute approximate surface area is 201 Å². The van der Waals surface area contributed by atoms with Gasteiger partial charge in [0.25, 0.3) is 5.79 Å². The molecule has 2 aliphatic rings. The first-order valence-electron chi connectivity index (χ1n) is 11.1. The number of carbonyl (C=O) groups is 1. The van der Waals surface area contributed by atoms with Crippen LogP contribution < -0.4 is 14.2 Å². The smallest absolute Gasteiger partial charge is 0.342 e. The van der Waals surface area contributed by atoms with Crippen LogP contribution in [0.25, 0.3) is 16.3 Å². The number of hydrogen-bond acceptors (Lipinski definition) is 7. The summed E-state index contributed by atoms with van der Waals surface area (Å²) in [6, 6.07) is 19.9. The van der Waals surface area contributed by atoms with Gasteiger partial charge in [-0.05, 0) is 52.9 Å². The summed E-state index contributed by atoms with van der Waals surface area (Å²) in [7, 11) is 1.57. The van der Waals surface area contributed by atoms with Crippen molar-refractivity contribution in [2.45, 2.75) is 12.2 Å². The molecule has 0 amide bonds. The highest BCUT2D eigenvalue weighted by atomic mass is 16.7. The van der Waals surface area contributed by atoms with Crippen LogP contribution in [0, 0.1) is 0 Å². The number of nitrogens with zero attached hydrogens (tertiary/aromatic N) is 1. The van der Waals surface area contributed by atoms with Crippen molar-refractivity contribution in [3.63, 3.8) is 0 Å². The highest BCUT2D eigenvalue weighted by Crippen LogP contribution is 2.46. The van der Waals surface area contributed by atoms with Crippen molar-refractivity contribution in [2.75, 3.05) is 13.9 Å². The topological polar surface area (TPSA) is 87.1 Å². The van der Waals surface area contributed by atoms with Crippen LogP contribution in [0.1, 0.15) is 16.7 Å². The SMILES string of the molecule is COc1ccc(C2(O)OC(=O)C(c3ccc4c(c3)OCO4)=C2Cc2cncc3ccccc23)cc1. The number of esters is 1. The molecule has 35 heavy (non-hydrogen) atoms. The Bertz CT molecular complexity index is 1490. The molecule has 1 N–H and O–H groups in total. The monoisotopic (exact) mass is 467 g/mol. The Kier molecular flexibility index (Phi) is 4.93. The average molecular weight is 467 g/mol. The largest absolute Gasteiger partial charge is 0.497 e. The number of aromatic nitrogens is 1. The molecule has 1 aromatic heterocycles. The first kappa shape index (κ1) is 21.2. The van der Waals surface area contributed by atoms with Gasteiger partial charge >= 0.3 is 5.97 Å². The predicted molar refractivity (Wildman–Crippen MR) is 128 cm³/mol. The molecule has 7 heteroatoms. The van der Waals surface area contributed by atoms with E-state index >= 15 is 0 Å². The maximum Gasteiger partial charge on any atom is 0.342 e. The van der Waals surface area contributed by atoms with E-state index < -0.39 is 11.8 Å². The molecular weight excluding hydrogens is 446 g/mol. The van der Waals surface area contributed by atoms with E-state index in [9.17, 15) is 9.90 Å². The highest BCUT2D eigenvalue weighted by Gasteiger charge is 2.48. The summed E-state index contributed by atoms with van der Waals surface area (Å²) >= 11 is 0. The van der Waals surface area contributed by atoms with Gasteiger partial charge in [0.2, 0.25) is 6.79 Å². The van der Waals surface area contributed by atoms with Gasteiger partial charge in [-0.25, -0.2) is 4.79 Å². The summed E-state index contributed by atoms with van der Waals surface area (Å²) in [4.78, 5) is 17.7. The minimum atomic E-state index is -1.97. The van der Waals surface area contributed by atoms with Gasteiger partial charge in [0.15, 0.2) is 11.5 Å². The third-order valence-electron chi connectivity index (χ3n) is 6.42. The van der Waals surface area contributed by atoms with E-state index in [0.29, 0.717) is 33.9 Å². The van der Waals surface area contributed by atoms with Gasteiger partial charge < -0.3 is 24.1 Å². The summed E-state index contributed by atoms with van der Waals surface area (Å²) in [5.41, 5.74) is 2.57. The fraction of sp³-hybridized carbons (Fsp3) is 0.143. The Morgan fingerprint density at radius 1 is 1.00 bits per heavy atom. The summed E-state index contributed by atoms with van der Waals surface area (Å²) in [5.74, 6) is -0.821. The molecule has 0 radical (unpaired) electrons. The summed E-state index contributed by atoms with van der Waals surface area (Å²) in [5, 5.41) is 13.8. The van der Waals surface area contributed by atoms with Crippen molar-refractivity contribution >= 4 is 22.3 Å². The Morgan fingerprint density at radius 2 is 1.80 bits per heavy atom. The van der Waals surface area contributed by atoms with E-state index in [2.05, 4.69) is 4.98 Å². The molecule has 0 fully saturated rings. The minimum Gasteiger partial charge on any atom is -0.497 e. The number of hydrogen-bond donors (Lipinski definition) is 1. The number of fused-ring (bicyclic) bond motifs is 2. The summed E-state index contributed by atoms with van der Waals surface area (Å²) in [6.45, 7) is 0.118. The first-order valence-corrected chi connectivity index (χ1v) is 11.1. The van der Waals surface area contributed by atoms with Crippen LogP contribution in [0.4, 0.5) is 0 Å². The standard InChI is InChI=1S/C28H21NO6/c1-32-21-9-7-20(8-10-21)28(31)23(12-19-15-29-14-18-4-2-3-5-22(18)19)26(27(30)35-28)17-6-11-24-25(13-17)34-16-33-24/h2-11,13-15,31H,12,16H2,1H3. The molecule has 0 spiro atoms. The number of pyridine rings is 1. The van der Waals surface area contributed by atoms with Gasteiger partial charge in [-0.1, -0.05) is 30.3 Å². The van der Waals surface area contributed by atoms with E-state index in [4.69, 9.17) is 18.9 Å². The zero-order valence-corrected chi connectivity index (χ0v) is 18.9. The van der Waals surface area contributed by atoms with Crippen molar-refractivity contribution < 1.29 is 28.8 Å². The van der Waals surface area contributed by atoms with Gasteiger partial charge in [-0.15, -0.1) is 0 Å². The molecule has 0 aliphatic carbocycles. The maximum atomic E-state index is 13.3. The van der Waals surface area contributed by atoms with Crippen LogP contribution in [-0.4, -0.2) is 30.0 Å². The molecule has 6 rings (SSSR count). The Balaban J connectivity index is 1.55. The van der Waals surface area contributed by atoms with E-state index in [1.165, 1.54) is 0 Å². The molecule has 1 unspecified atom stereocenters. The molecule has 174 valence electrons. The van der Waals surface area contributed by atoms with Crippen LogP contribution in [0.2, 0.25) is 0 Å². The lowest BCUT2D eigenvalue weighted by atomic mass is 9.87. The number of rotatable bonds is 5. The zero-order chi connectivity index (χ0) is 24.0. The number of methoxy groups -OCH3 is 1. The molecule has 3 aromatic carbocycles. The molecule has 3 heterocycles. The lowest BCUT2D eigenvalue weighted by Gasteiger charge is -2.26. The van der Waals surface area contributed by atoms with Crippen LogP contribution in [-0.2, 0) is 21.7 Å². The summed E-state index contributed by atoms with van der Waals surface area (Å²) in [6.07, 6.45) is 3.79. The van der Waals surface area contributed by atoms with Crippen LogP contribution in [0.5, 0.6) is 17.2 Å². The number of ether oxygens (including phenoxy) is 4. The number of cyclic esters (lactones) is 1. The fourth-order valence-corrected chi connectivity index (χ4v) is 4.65. The lowest BCUT2D eigenvalue weighted by molar-refractivity contribution is -0.185. The van der Waals surface area contributed by atoms with E-state index in [-0.39, 0.29) is 18.8 Å². The van der Waals surface area contributed by atoms with E-state index in [1.807, 2.05) is 24.3 Å². The van der Waals surface area contributed by atoms with Crippen molar-refractivity contribution in [3.8, 4) is 17.2 Å². The molecule has 1 atom stereocenters. The second-order valence-corrected chi connectivity index (χ2v) is 8.38. The fourth-order valence-electron chi connectivity index (χ4n) is 4.65. The molecule has 0 saturated carbocycles. The molecule has 2 aliphatic heterocycles. The first-order chi connectivity index (χ1) is 17.1. The predicted octanol–water partition coefficient (Wildman–Crippen LogP) is 4.37. The second kappa shape index (κ2) is 8.14. The van der Waals surface area contributed by atoms with Gasteiger partial charge in [-0.2, -0.15) is 0 Å². The average Bonchev–Trinajstić information content (AvgIpc) is 3.46. The highest BCUT2D eigenvalue weighted by molar-refractivity contribution is 6.20. The molecule has 0 saturated heterocycles. The molecule has 0 bridgehead atoms.